The van der Waals surface area contributed by atoms with E-state index in [9.17, 15) is 13.6 Å². The van der Waals surface area contributed by atoms with E-state index < -0.39 is 11.6 Å². The summed E-state index contributed by atoms with van der Waals surface area (Å²) >= 11 is 0. The number of ether oxygens (including phenoxy) is 1. The Morgan fingerprint density at radius 2 is 2.08 bits per heavy atom. The van der Waals surface area contributed by atoms with E-state index in [1.54, 1.807) is 0 Å². The number of likely N-dealkylation sites (tertiary alicyclic amines) is 1. The Labute approximate surface area is 141 Å². The van der Waals surface area contributed by atoms with Crippen LogP contribution in [0.3, 0.4) is 0 Å². The van der Waals surface area contributed by atoms with Crippen molar-refractivity contribution in [3.63, 3.8) is 0 Å². The average Bonchev–Trinajstić information content (AvgIpc) is 2.71. The van der Waals surface area contributed by atoms with Gasteiger partial charge in [0.2, 0.25) is 5.91 Å². The van der Waals surface area contributed by atoms with E-state index >= 15 is 0 Å². The van der Waals surface area contributed by atoms with Crippen molar-refractivity contribution in [2.24, 2.45) is 5.41 Å². The van der Waals surface area contributed by atoms with Crippen molar-refractivity contribution < 1.29 is 18.3 Å². The zero-order valence-corrected chi connectivity index (χ0v) is 14.2. The van der Waals surface area contributed by atoms with Gasteiger partial charge in [-0.2, -0.15) is 0 Å². The van der Waals surface area contributed by atoms with Gasteiger partial charge in [0.05, 0.1) is 13.2 Å². The van der Waals surface area contributed by atoms with Crippen molar-refractivity contribution in [1.82, 2.24) is 9.80 Å². The lowest BCUT2D eigenvalue weighted by molar-refractivity contribution is -0.129. The molecule has 6 heteroatoms. The second kappa shape index (κ2) is 6.76. The van der Waals surface area contributed by atoms with Crippen LogP contribution in [0.4, 0.5) is 8.78 Å². The summed E-state index contributed by atoms with van der Waals surface area (Å²) in [5.74, 6) is -0.691. The summed E-state index contributed by atoms with van der Waals surface area (Å²) in [5, 5.41) is 0. The molecule has 1 aromatic rings. The Bertz CT molecular complexity index is 623. The summed E-state index contributed by atoms with van der Waals surface area (Å²) in [4.78, 5) is 16.3. The van der Waals surface area contributed by atoms with Gasteiger partial charge in [-0.1, -0.05) is 0 Å². The molecule has 4 nitrogen and oxygen atoms in total. The van der Waals surface area contributed by atoms with Gasteiger partial charge in [-0.3, -0.25) is 9.69 Å². The van der Waals surface area contributed by atoms with Crippen LogP contribution in [0.25, 0.3) is 0 Å². The molecule has 2 heterocycles. The fourth-order valence-electron chi connectivity index (χ4n) is 3.72. The monoisotopic (exact) mass is 338 g/mol. The van der Waals surface area contributed by atoms with Crippen molar-refractivity contribution in [3.05, 3.63) is 35.4 Å². The molecule has 2 aliphatic rings. The first kappa shape index (κ1) is 17.3. The van der Waals surface area contributed by atoms with E-state index in [1.165, 1.54) is 6.07 Å². The molecular formula is C18H24F2N2O2. The second-order valence-corrected chi connectivity index (χ2v) is 7.29. The molecule has 0 radical (unpaired) electrons. The van der Waals surface area contributed by atoms with Gasteiger partial charge in [0, 0.05) is 49.6 Å². The fraction of sp³-hybridized carbons (Fsp3) is 0.611. The van der Waals surface area contributed by atoms with Crippen molar-refractivity contribution in [2.75, 3.05) is 32.8 Å². The van der Waals surface area contributed by atoms with Crippen molar-refractivity contribution >= 4 is 5.91 Å². The molecule has 0 saturated carbocycles. The van der Waals surface area contributed by atoms with E-state index in [-0.39, 0.29) is 17.4 Å². The first-order valence-corrected chi connectivity index (χ1v) is 8.42. The molecule has 1 atom stereocenters. The Balaban J connectivity index is 1.76. The molecular weight excluding hydrogens is 314 g/mol. The van der Waals surface area contributed by atoms with Crippen LogP contribution >= 0.6 is 0 Å². The minimum absolute atomic E-state index is 0.146. The van der Waals surface area contributed by atoms with Crippen LogP contribution in [-0.2, 0) is 16.1 Å². The first-order valence-electron chi connectivity index (χ1n) is 8.42. The van der Waals surface area contributed by atoms with Crippen LogP contribution < -0.4 is 0 Å². The summed E-state index contributed by atoms with van der Waals surface area (Å²) in [7, 11) is 0. The highest BCUT2D eigenvalue weighted by Gasteiger charge is 2.46. The number of amides is 1. The second-order valence-electron chi connectivity index (χ2n) is 7.29. The number of nitrogens with zero attached hydrogens (tertiary/aromatic N) is 2. The predicted octanol–water partition coefficient (Wildman–Crippen LogP) is 2.42. The molecule has 1 amide bonds. The highest BCUT2D eigenvalue weighted by Crippen LogP contribution is 2.35. The summed E-state index contributed by atoms with van der Waals surface area (Å²) in [6.07, 6.45) is 0.452. The topological polar surface area (TPSA) is 32.8 Å². The summed E-state index contributed by atoms with van der Waals surface area (Å²) in [6, 6.07) is 3.69. The SMILES string of the molecule is CC(C)N1C[C@]2(COCCN(Cc3cc(F)ccc3F)C2)CC1=O. The fourth-order valence-corrected chi connectivity index (χ4v) is 3.72. The highest BCUT2D eigenvalue weighted by molar-refractivity contribution is 5.79. The van der Waals surface area contributed by atoms with Gasteiger partial charge in [0.15, 0.2) is 0 Å². The third-order valence-corrected chi connectivity index (χ3v) is 4.90. The van der Waals surface area contributed by atoms with Gasteiger partial charge in [-0.05, 0) is 32.0 Å². The molecule has 0 unspecified atom stereocenters. The average molecular weight is 338 g/mol. The smallest absolute Gasteiger partial charge is 0.223 e. The Hall–Kier alpha value is -1.53. The molecule has 1 aromatic carbocycles. The Morgan fingerprint density at radius 3 is 2.79 bits per heavy atom. The number of hydrogen-bond donors (Lipinski definition) is 0. The van der Waals surface area contributed by atoms with Gasteiger partial charge < -0.3 is 9.64 Å². The first-order chi connectivity index (χ1) is 11.4. The van der Waals surface area contributed by atoms with Crippen molar-refractivity contribution in [1.29, 1.82) is 0 Å². The minimum atomic E-state index is -0.436. The van der Waals surface area contributed by atoms with E-state index in [2.05, 4.69) is 4.90 Å². The molecule has 3 rings (SSSR count). The third kappa shape index (κ3) is 3.59. The molecule has 0 aliphatic carbocycles. The van der Waals surface area contributed by atoms with Gasteiger partial charge in [0.1, 0.15) is 11.6 Å². The zero-order chi connectivity index (χ0) is 17.3. The van der Waals surface area contributed by atoms with Crippen LogP contribution in [-0.4, -0.2) is 54.6 Å². The maximum Gasteiger partial charge on any atom is 0.223 e. The Kier molecular flexibility index (Phi) is 4.88. The van der Waals surface area contributed by atoms with E-state index in [1.807, 2.05) is 18.7 Å². The summed E-state index contributed by atoms with van der Waals surface area (Å²) in [6.45, 7) is 7.36. The molecule has 132 valence electrons. The van der Waals surface area contributed by atoms with Gasteiger partial charge in [0.25, 0.3) is 0 Å². The van der Waals surface area contributed by atoms with Gasteiger partial charge in [-0.25, -0.2) is 8.78 Å². The van der Waals surface area contributed by atoms with E-state index in [0.29, 0.717) is 51.4 Å². The number of benzene rings is 1. The summed E-state index contributed by atoms with van der Waals surface area (Å²) < 4.78 is 33.1. The number of carbonyl (C=O) groups excluding carboxylic acids is 1. The lowest BCUT2D eigenvalue weighted by Gasteiger charge is -2.32. The van der Waals surface area contributed by atoms with Crippen molar-refractivity contribution in [3.8, 4) is 0 Å². The lowest BCUT2D eigenvalue weighted by atomic mass is 9.87. The molecule has 0 N–H and O–H groups in total. The van der Waals surface area contributed by atoms with E-state index in [4.69, 9.17) is 4.74 Å². The van der Waals surface area contributed by atoms with Crippen LogP contribution in [0, 0.1) is 17.0 Å². The third-order valence-electron chi connectivity index (χ3n) is 4.90. The predicted molar refractivity (Wildman–Crippen MR) is 86.4 cm³/mol. The molecule has 0 bridgehead atoms. The number of carbonyl (C=O) groups is 1. The number of hydrogen-bond acceptors (Lipinski definition) is 3. The summed E-state index contributed by atoms with van der Waals surface area (Å²) in [5.41, 5.74) is 0.0823. The van der Waals surface area contributed by atoms with Crippen LogP contribution in [0.2, 0.25) is 0 Å². The molecule has 2 fully saturated rings. The van der Waals surface area contributed by atoms with Crippen LogP contribution in [0.15, 0.2) is 18.2 Å². The zero-order valence-electron chi connectivity index (χ0n) is 14.2. The maximum atomic E-state index is 13.9. The van der Waals surface area contributed by atoms with Crippen LogP contribution in [0.1, 0.15) is 25.8 Å². The maximum absolute atomic E-state index is 13.9. The Morgan fingerprint density at radius 1 is 1.29 bits per heavy atom. The van der Waals surface area contributed by atoms with Gasteiger partial charge in [-0.15, -0.1) is 0 Å². The van der Waals surface area contributed by atoms with Crippen LogP contribution in [0.5, 0.6) is 0 Å². The largest absolute Gasteiger partial charge is 0.379 e. The number of rotatable bonds is 3. The number of halogens is 2. The minimum Gasteiger partial charge on any atom is -0.379 e. The quantitative estimate of drug-likeness (QED) is 0.849. The molecule has 2 saturated heterocycles. The van der Waals surface area contributed by atoms with Crippen molar-refractivity contribution in [2.45, 2.75) is 32.9 Å². The standard InChI is InChI=1S/C18H24F2N2O2/c1-13(2)22-11-18(8-17(22)23)10-21(5-6-24-12-18)9-14-7-15(19)3-4-16(14)20/h3-4,7,13H,5-6,8-12H2,1-2H3/t18-/m0/s1. The molecule has 2 aliphatic heterocycles. The normalized spacial score (nSPS) is 25.7. The van der Waals surface area contributed by atoms with Gasteiger partial charge >= 0.3 is 0 Å². The molecule has 0 aromatic heterocycles. The molecule has 24 heavy (non-hydrogen) atoms. The lowest BCUT2D eigenvalue weighted by Crippen LogP contribution is -2.41. The highest BCUT2D eigenvalue weighted by atomic mass is 19.1. The van der Waals surface area contributed by atoms with E-state index in [0.717, 1.165) is 12.1 Å². The molecule has 1 spiro atoms.